The minimum atomic E-state index is -4.60. The van der Waals surface area contributed by atoms with Gasteiger partial charge in [0.2, 0.25) is 15.9 Å². The first-order valence-corrected chi connectivity index (χ1v) is 11.8. The van der Waals surface area contributed by atoms with E-state index in [-0.39, 0.29) is 35.9 Å². The van der Waals surface area contributed by atoms with Crippen LogP contribution in [0, 0.1) is 5.92 Å². The summed E-state index contributed by atoms with van der Waals surface area (Å²) < 4.78 is 65.2. The van der Waals surface area contributed by atoms with Crippen LogP contribution in [-0.2, 0) is 21.0 Å². The number of halogens is 3. The van der Waals surface area contributed by atoms with Crippen molar-refractivity contribution in [3.8, 4) is 0 Å². The molecule has 0 unspecified atom stereocenters. The molecular formula is C18H23F3N2O3S2. The van der Waals surface area contributed by atoms with Gasteiger partial charge in [-0.2, -0.15) is 29.2 Å². The minimum absolute atomic E-state index is 0.0481. The first-order chi connectivity index (χ1) is 13.2. The molecule has 10 heteroatoms. The summed E-state index contributed by atoms with van der Waals surface area (Å²) in [6, 6.07) is 3.96. The lowest BCUT2D eigenvalue weighted by Gasteiger charge is -2.32. The Balaban J connectivity index is 1.61. The molecule has 2 fully saturated rings. The number of rotatable bonds is 4. The number of hydrogen-bond acceptors (Lipinski definition) is 4. The van der Waals surface area contributed by atoms with E-state index in [4.69, 9.17) is 0 Å². The molecular weight excluding hydrogens is 413 g/mol. The molecule has 156 valence electrons. The van der Waals surface area contributed by atoms with Gasteiger partial charge in [-0.05, 0) is 55.4 Å². The molecule has 3 rings (SSSR count). The predicted molar refractivity (Wildman–Crippen MR) is 101 cm³/mol. The molecule has 0 radical (unpaired) electrons. The second-order valence-electron chi connectivity index (χ2n) is 7.10. The number of thioether (sulfide) groups is 1. The maximum atomic E-state index is 12.9. The maximum Gasteiger partial charge on any atom is 0.416 e. The van der Waals surface area contributed by atoms with Gasteiger partial charge in [-0.3, -0.25) is 4.79 Å². The molecule has 2 aliphatic rings. The summed E-state index contributed by atoms with van der Waals surface area (Å²) in [5, 5.41) is 3.05. The van der Waals surface area contributed by atoms with Gasteiger partial charge in [0, 0.05) is 25.0 Å². The number of alkyl halides is 3. The summed E-state index contributed by atoms with van der Waals surface area (Å²) in [6.07, 6.45) is -1.98. The monoisotopic (exact) mass is 436 g/mol. The molecule has 1 aromatic rings. The van der Waals surface area contributed by atoms with E-state index in [2.05, 4.69) is 5.32 Å². The summed E-state index contributed by atoms with van der Waals surface area (Å²) in [5.41, 5.74) is -0.992. The third-order valence-corrected chi connectivity index (χ3v) is 8.13. The zero-order valence-electron chi connectivity index (χ0n) is 15.2. The molecule has 1 N–H and O–H groups in total. The fourth-order valence-electron chi connectivity index (χ4n) is 3.50. The fourth-order valence-corrected chi connectivity index (χ4v) is 6.12. The zero-order chi connectivity index (χ0) is 20.4. The van der Waals surface area contributed by atoms with Crippen LogP contribution in [-0.4, -0.2) is 49.3 Å². The van der Waals surface area contributed by atoms with Crippen LogP contribution in [0.5, 0.6) is 0 Å². The van der Waals surface area contributed by atoms with Crippen LogP contribution >= 0.6 is 11.8 Å². The molecule has 0 aromatic heterocycles. The Morgan fingerprint density at radius 3 is 2.36 bits per heavy atom. The van der Waals surface area contributed by atoms with Crippen molar-refractivity contribution in [3.63, 3.8) is 0 Å². The minimum Gasteiger partial charge on any atom is -0.353 e. The van der Waals surface area contributed by atoms with Gasteiger partial charge < -0.3 is 5.32 Å². The number of amides is 1. The van der Waals surface area contributed by atoms with Gasteiger partial charge >= 0.3 is 6.18 Å². The van der Waals surface area contributed by atoms with Crippen molar-refractivity contribution in [2.45, 2.75) is 42.8 Å². The van der Waals surface area contributed by atoms with E-state index < -0.39 is 21.8 Å². The Labute approximate surface area is 167 Å². The van der Waals surface area contributed by atoms with Crippen LogP contribution < -0.4 is 5.32 Å². The Kier molecular flexibility index (Phi) is 6.61. The molecule has 1 aromatic carbocycles. The molecule has 2 aliphatic heterocycles. The van der Waals surface area contributed by atoms with E-state index in [1.807, 2.05) is 11.8 Å². The summed E-state index contributed by atoms with van der Waals surface area (Å²) >= 11 is 1.87. The lowest BCUT2D eigenvalue weighted by atomic mass is 9.96. The largest absolute Gasteiger partial charge is 0.416 e. The van der Waals surface area contributed by atoms with Crippen molar-refractivity contribution >= 4 is 27.7 Å². The number of nitrogens with one attached hydrogen (secondary N) is 1. The zero-order valence-corrected chi connectivity index (χ0v) is 16.9. The molecule has 5 nitrogen and oxygen atoms in total. The Morgan fingerprint density at radius 2 is 1.75 bits per heavy atom. The second-order valence-corrected chi connectivity index (χ2v) is 10.3. The molecule has 2 saturated heterocycles. The number of piperidine rings is 1. The Hall–Kier alpha value is -1.26. The van der Waals surface area contributed by atoms with Crippen molar-refractivity contribution in [1.82, 2.24) is 9.62 Å². The number of benzene rings is 1. The highest BCUT2D eigenvalue weighted by Crippen LogP contribution is 2.32. The molecule has 0 saturated carbocycles. The van der Waals surface area contributed by atoms with Gasteiger partial charge in [0.15, 0.2) is 0 Å². The first-order valence-electron chi connectivity index (χ1n) is 9.23. The van der Waals surface area contributed by atoms with Gasteiger partial charge in [-0.25, -0.2) is 8.42 Å². The second kappa shape index (κ2) is 8.62. The lowest BCUT2D eigenvalue weighted by Crippen LogP contribution is -2.46. The molecule has 28 heavy (non-hydrogen) atoms. The molecule has 0 atom stereocenters. The van der Waals surface area contributed by atoms with E-state index in [0.29, 0.717) is 18.9 Å². The molecule has 1 amide bonds. The topological polar surface area (TPSA) is 66.5 Å². The highest BCUT2D eigenvalue weighted by Gasteiger charge is 2.35. The smallest absolute Gasteiger partial charge is 0.353 e. The predicted octanol–water partition coefficient (Wildman–Crippen LogP) is 3.12. The number of nitrogens with zero attached hydrogens (tertiary/aromatic N) is 1. The number of hydrogen-bond donors (Lipinski definition) is 1. The highest BCUT2D eigenvalue weighted by atomic mass is 32.2. The normalized spacial score (nSPS) is 20.8. The number of carbonyl (C=O) groups excluding carboxylic acids is 1. The molecule has 2 heterocycles. The van der Waals surface area contributed by atoms with E-state index in [1.165, 1.54) is 10.4 Å². The van der Waals surface area contributed by atoms with Crippen molar-refractivity contribution in [2.24, 2.45) is 5.92 Å². The quantitative estimate of drug-likeness (QED) is 0.788. The van der Waals surface area contributed by atoms with Crippen LogP contribution in [0.2, 0.25) is 0 Å². The Bertz CT molecular complexity index is 801. The van der Waals surface area contributed by atoms with E-state index in [0.717, 1.165) is 36.5 Å². The van der Waals surface area contributed by atoms with Crippen LogP contribution in [0.4, 0.5) is 13.2 Å². The molecule has 0 aliphatic carbocycles. The SMILES string of the molecule is O=C(NC1CCSCC1)C1CCN(S(=O)(=O)c2cccc(C(F)(F)F)c2)CC1. The summed E-state index contributed by atoms with van der Waals surface area (Å²) in [5.74, 6) is 1.74. The average molecular weight is 437 g/mol. The van der Waals surface area contributed by atoms with Gasteiger partial charge in [0.1, 0.15) is 0 Å². The van der Waals surface area contributed by atoms with Crippen molar-refractivity contribution < 1.29 is 26.4 Å². The average Bonchev–Trinajstić information content (AvgIpc) is 2.68. The highest BCUT2D eigenvalue weighted by molar-refractivity contribution is 7.99. The van der Waals surface area contributed by atoms with E-state index in [9.17, 15) is 26.4 Å². The van der Waals surface area contributed by atoms with Gasteiger partial charge in [-0.15, -0.1) is 0 Å². The lowest BCUT2D eigenvalue weighted by molar-refractivity contribution is -0.137. The van der Waals surface area contributed by atoms with Gasteiger partial charge in [0.25, 0.3) is 0 Å². The third-order valence-electron chi connectivity index (χ3n) is 5.19. The standard InChI is InChI=1S/C18H23F3N2O3S2/c19-18(20,21)14-2-1-3-16(12-14)28(25,26)23-8-4-13(5-9-23)17(24)22-15-6-10-27-11-7-15/h1-3,12-13,15H,4-11H2,(H,22,24). The number of carbonyl (C=O) groups is 1. The van der Waals surface area contributed by atoms with Crippen LogP contribution in [0.1, 0.15) is 31.2 Å². The first kappa shape index (κ1) is 21.4. The maximum absolute atomic E-state index is 12.9. The Morgan fingerprint density at radius 1 is 1.11 bits per heavy atom. The third kappa shape index (κ3) is 5.01. The summed E-state index contributed by atoms with van der Waals surface area (Å²) in [6.45, 7) is 0.244. The number of sulfonamides is 1. The molecule has 0 bridgehead atoms. The summed E-state index contributed by atoms with van der Waals surface area (Å²) in [7, 11) is -4.02. The van der Waals surface area contributed by atoms with Crippen LogP contribution in [0.15, 0.2) is 29.2 Å². The fraction of sp³-hybridized carbons (Fsp3) is 0.611. The summed E-state index contributed by atoms with van der Waals surface area (Å²) in [4.78, 5) is 12.1. The van der Waals surface area contributed by atoms with Gasteiger partial charge in [0.05, 0.1) is 10.5 Å². The van der Waals surface area contributed by atoms with E-state index >= 15 is 0 Å². The van der Waals surface area contributed by atoms with Crippen molar-refractivity contribution in [3.05, 3.63) is 29.8 Å². The van der Waals surface area contributed by atoms with Crippen molar-refractivity contribution in [2.75, 3.05) is 24.6 Å². The van der Waals surface area contributed by atoms with Crippen LogP contribution in [0.3, 0.4) is 0 Å². The van der Waals surface area contributed by atoms with Gasteiger partial charge in [-0.1, -0.05) is 6.07 Å². The van der Waals surface area contributed by atoms with E-state index in [1.54, 1.807) is 0 Å². The van der Waals surface area contributed by atoms with Crippen LogP contribution in [0.25, 0.3) is 0 Å². The van der Waals surface area contributed by atoms with Crippen molar-refractivity contribution in [1.29, 1.82) is 0 Å². The molecule has 0 spiro atoms.